The summed E-state index contributed by atoms with van der Waals surface area (Å²) in [5, 5.41) is -0.259. The van der Waals surface area contributed by atoms with Crippen molar-refractivity contribution in [1.29, 1.82) is 0 Å². The van der Waals surface area contributed by atoms with E-state index in [1.54, 1.807) is 0 Å². The number of sulfonamides is 2. The minimum Gasteiger partial charge on any atom is -0.454 e. The highest BCUT2D eigenvalue weighted by Gasteiger charge is 2.22. The standard InChI is InChI=1S/C17H20N2O7S2/c1-4-11-18-27(21,22)15-8-5-13(6-9-15)17(20)25-12-14-7-10-16(26-14)28(23,24)19(2)3/h4-10,18H,1,11-12H2,2-3H3. The Morgan fingerprint density at radius 2 is 1.79 bits per heavy atom. The van der Waals surface area contributed by atoms with E-state index in [2.05, 4.69) is 11.3 Å². The van der Waals surface area contributed by atoms with Crippen LogP contribution in [-0.2, 0) is 31.4 Å². The van der Waals surface area contributed by atoms with Crippen molar-refractivity contribution < 1.29 is 30.8 Å². The quantitative estimate of drug-likeness (QED) is 0.472. The zero-order valence-corrected chi connectivity index (χ0v) is 16.9. The maximum Gasteiger partial charge on any atom is 0.338 e. The van der Waals surface area contributed by atoms with Gasteiger partial charge in [0.15, 0.2) is 0 Å². The number of nitrogens with zero attached hydrogens (tertiary/aromatic N) is 1. The molecule has 1 aromatic heterocycles. The molecule has 0 saturated carbocycles. The highest BCUT2D eigenvalue weighted by molar-refractivity contribution is 7.89. The molecule has 0 fully saturated rings. The molecule has 1 heterocycles. The molecular weight excluding hydrogens is 408 g/mol. The molecule has 152 valence electrons. The fourth-order valence-corrected chi connectivity index (χ4v) is 3.81. The van der Waals surface area contributed by atoms with E-state index < -0.39 is 26.0 Å². The van der Waals surface area contributed by atoms with Crippen molar-refractivity contribution >= 4 is 26.0 Å². The molecule has 0 spiro atoms. The van der Waals surface area contributed by atoms with Gasteiger partial charge in [0.2, 0.25) is 15.1 Å². The maximum atomic E-state index is 12.1. The number of rotatable bonds is 9. The molecule has 0 aliphatic rings. The minimum absolute atomic E-state index is 0.00420. The van der Waals surface area contributed by atoms with E-state index in [0.717, 1.165) is 4.31 Å². The highest BCUT2D eigenvalue weighted by atomic mass is 32.2. The molecule has 1 aromatic carbocycles. The maximum absolute atomic E-state index is 12.1. The largest absolute Gasteiger partial charge is 0.454 e. The Kier molecular flexibility index (Phi) is 6.77. The predicted molar refractivity (Wildman–Crippen MR) is 101 cm³/mol. The molecular formula is C17H20N2O7S2. The molecule has 11 heteroatoms. The van der Waals surface area contributed by atoms with Gasteiger partial charge >= 0.3 is 5.97 Å². The summed E-state index contributed by atoms with van der Waals surface area (Å²) in [6.07, 6.45) is 1.41. The fourth-order valence-electron chi connectivity index (χ4n) is 2.00. The van der Waals surface area contributed by atoms with Crippen molar-refractivity contribution in [3.05, 3.63) is 60.4 Å². The number of hydrogen-bond donors (Lipinski definition) is 1. The lowest BCUT2D eigenvalue weighted by Gasteiger charge is -2.08. The first kappa shape index (κ1) is 21.8. The van der Waals surface area contributed by atoms with Crippen LogP contribution >= 0.6 is 0 Å². The Morgan fingerprint density at radius 3 is 2.36 bits per heavy atom. The van der Waals surface area contributed by atoms with E-state index in [1.165, 1.54) is 56.6 Å². The van der Waals surface area contributed by atoms with Crippen LogP contribution < -0.4 is 4.72 Å². The van der Waals surface area contributed by atoms with Crippen LogP contribution in [0.2, 0.25) is 0 Å². The van der Waals surface area contributed by atoms with Crippen molar-refractivity contribution in [2.45, 2.75) is 16.6 Å². The molecule has 2 rings (SSSR count). The predicted octanol–water partition coefficient (Wildman–Crippen LogP) is 1.35. The average Bonchev–Trinajstić information content (AvgIpc) is 3.14. The molecule has 9 nitrogen and oxygen atoms in total. The van der Waals surface area contributed by atoms with Crippen LogP contribution in [0.15, 0.2) is 63.5 Å². The van der Waals surface area contributed by atoms with E-state index in [1.807, 2.05) is 0 Å². The van der Waals surface area contributed by atoms with Crippen LogP contribution in [-0.4, -0.2) is 47.8 Å². The number of nitrogens with one attached hydrogen (secondary N) is 1. The van der Waals surface area contributed by atoms with Crippen molar-refractivity contribution in [2.75, 3.05) is 20.6 Å². The lowest BCUT2D eigenvalue weighted by Crippen LogP contribution is -2.23. The fraction of sp³-hybridized carbons (Fsp3) is 0.235. The molecule has 28 heavy (non-hydrogen) atoms. The van der Waals surface area contributed by atoms with Gasteiger partial charge in [-0.1, -0.05) is 6.08 Å². The van der Waals surface area contributed by atoms with Crippen molar-refractivity contribution in [3.63, 3.8) is 0 Å². The molecule has 0 unspecified atom stereocenters. The monoisotopic (exact) mass is 428 g/mol. The third-order valence-electron chi connectivity index (χ3n) is 3.54. The van der Waals surface area contributed by atoms with Crippen molar-refractivity contribution in [3.8, 4) is 0 Å². The molecule has 1 N–H and O–H groups in total. The van der Waals surface area contributed by atoms with E-state index >= 15 is 0 Å². The number of esters is 1. The van der Waals surface area contributed by atoms with E-state index in [0.29, 0.717) is 0 Å². The van der Waals surface area contributed by atoms with Gasteiger partial charge < -0.3 is 9.15 Å². The Morgan fingerprint density at radius 1 is 1.14 bits per heavy atom. The second kappa shape index (κ2) is 8.69. The van der Waals surface area contributed by atoms with Gasteiger partial charge in [0.1, 0.15) is 12.4 Å². The van der Waals surface area contributed by atoms with Crippen LogP contribution in [0.5, 0.6) is 0 Å². The lowest BCUT2D eigenvalue weighted by atomic mass is 10.2. The normalized spacial score (nSPS) is 12.1. The first-order valence-electron chi connectivity index (χ1n) is 7.97. The van der Waals surface area contributed by atoms with Gasteiger partial charge in [-0.05, 0) is 36.4 Å². The summed E-state index contributed by atoms with van der Waals surface area (Å²) in [5.41, 5.74) is 0.135. The van der Waals surface area contributed by atoms with Crippen LogP contribution in [0.4, 0.5) is 0 Å². The molecule has 0 aliphatic heterocycles. The van der Waals surface area contributed by atoms with Crippen molar-refractivity contribution in [2.24, 2.45) is 0 Å². The van der Waals surface area contributed by atoms with Gasteiger partial charge in [0.25, 0.3) is 10.0 Å². The summed E-state index contributed by atoms with van der Waals surface area (Å²) in [6.45, 7) is 3.24. The molecule has 0 atom stereocenters. The van der Waals surface area contributed by atoms with Gasteiger partial charge in [-0.15, -0.1) is 6.58 Å². The third kappa shape index (κ3) is 5.07. The number of furan rings is 1. The Hall–Kier alpha value is -2.47. The number of ether oxygens (including phenoxy) is 1. The number of carbonyl (C=O) groups is 1. The molecule has 0 aliphatic carbocycles. The SMILES string of the molecule is C=CCNS(=O)(=O)c1ccc(C(=O)OCc2ccc(S(=O)(=O)N(C)C)o2)cc1. The number of hydrogen-bond acceptors (Lipinski definition) is 7. The van der Waals surface area contributed by atoms with E-state index in [4.69, 9.17) is 9.15 Å². The lowest BCUT2D eigenvalue weighted by molar-refractivity contribution is 0.0440. The topological polar surface area (TPSA) is 123 Å². The van der Waals surface area contributed by atoms with Crippen LogP contribution in [0.3, 0.4) is 0 Å². The third-order valence-corrected chi connectivity index (χ3v) is 6.66. The van der Waals surface area contributed by atoms with Crippen LogP contribution in [0.1, 0.15) is 16.1 Å². The molecule has 2 aromatic rings. The summed E-state index contributed by atoms with van der Waals surface area (Å²) in [5.74, 6) is -0.557. The van der Waals surface area contributed by atoms with Gasteiger partial charge in [-0.25, -0.2) is 30.7 Å². The first-order valence-corrected chi connectivity index (χ1v) is 10.9. The summed E-state index contributed by atoms with van der Waals surface area (Å²) < 4.78 is 61.4. The summed E-state index contributed by atoms with van der Waals surface area (Å²) >= 11 is 0. The molecule has 0 radical (unpaired) electrons. The van der Waals surface area contributed by atoms with Crippen molar-refractivity contribution in [1.82, 2.24) is 9.03 Å². The number of carbonyl (C=O) groups excluding carboxylic acids is 1. The van der Waals surface area contributed by atoms with Crippen LogP contribution in [0, 0.1) is 0 Å². The van der Waals surface area contributed by atoms with Crippen LogP contribution in [0.25, 0.3) is 0 Å². The van der Waals surface area contributed by atoms with Gasteiger partial charge in [-0.2, -0.15) is 0 Å². The highest BCUT2D eigenvalue weighted by Crippen LogP contribution is 2.18. The second-order valence-corrected chi connectivity index (χ2v) is 9.60. The van der Waals surface area contributed by atoms with E-state index in [-0.39, 0.29) is 34.5 Å². The first-order chi connectivity index (χ1) is 13.1. The average molecular weight is 428 g/mol. The summed E-state index contributed by atoms with van der Waals surface area (Å²) in [4.78, 5) is 12.1. The Balaban J connectivity index is 2.03. The summed E-state index contributed by atoms with van der Waals surface area (Å²) in [7, 11) is -4.66. The van der Waals surface area contributed by atoms with Gasteiger partial charge in [-0.3, -0.25) is 0 Å². The second-order valence-electron chi connectivity index (χ2n) is 5.75. The minimum atomic E-state index is -3.72. The smallest absolute Gasteiger partial charge is 0.338 e. The Bertz CT molecular complexity index is 1050. The molecule has 0 saturated heterocycles. The summed E-state index contributed by atoms with van der Waals surface area (Å²) in [6, 6.07) is 7.84. The zero-order valence-electron chi connectivity index (χ0n) is 15.3. The Labute approximate surface area is 163 Å². The van der Waals surface area contributed by atoms with Gasteiger partial charge in [0.05, 0.1) is 10.5 Å². The molecule has 0 amide bonds. The zero-order chi connectivity index (χ0) is 20.9. The number of benzene rings is 1. The molecule has 0 bridgehead atoms. The van der Waals surface area contributed by atoms with E-state index in [9.17, 15) is 21.6 Å². The van der Waals surface area contributed by atoms with Gasteiger partial charge in [0, 0.05) is 20.6 Å².